The van der Waals surface area contributed by atoms with Gasteiger partial charge in [-0.05, 0) is 29.6 Å². The number of hydrogen-bond acceptors (Lipinski definition) is 7. The molecule has 0 bridgehead atoms. The minimum absolute atomic E-state index is 0.0843. The van der Waals surface area contributed by atoms with Crippen molar-refractivity contribution < 1.29 is 18.8 Å². The molecule has 6 nitrogen and oxygen atoms in total. The minimum atomic E-state index is -0.513. The lowest BCUT2D eigenvalue weighted by Gasteiger charge is -2.05. The first kappa shape index (κ1) is 15.7. The van der Waals surface area contributed by atoms with Gasteiger partial charge in [0.1, 0.15) is 5.75 Å². The molecule has 0 N–H and O–H groups in total. The van der Waals surface area contributed by atoms with Crippen molar-refractivity contribution in [3.63, 3.8) is 0 Å². The molecule has 0 amide bonds. The molecule has 0 fully saturated rings. The van der Waals surface area contributed by atoms with E-state index in [4.69, 9.17) is 14.0 Å². The van der Waals surface area contributed by atoms with Crippen LogP contribution in [0.3, 0.4) is 0 Å². The molecule has 1 aromatic carbocycles. The van der Waals surface area contributed by atoms with E-state index < -0.39 is 5.97 Å². The molecule has 0 radical (unpaired) electrons. The van der Waals surface area contributed by atoms with Crippen LogP contribution < -0.4 is 4.74 Å². The molecule has 0 aliphatic carbocycles. The zero-order valence-electron chi connectivity index (χ0n) is 11.8. The molecule has 0 atom stereocenters. The fourth-order valence-corrected chi connectivity index (χ4v) is 2.73. The van der Waals surface area contributed by atoms with Gasteiger partial charge in [-0.3, -0.25) is 0 Å². The topological polar surface area (TPSA) is 74.5 Å². The number of esters is 1. The van der Waals surface area contributed by atoms with Crippen LogP contribution in [0.15, 0.2) is 50.8 Å². The van der Waals surface area contributed by atoms with E-state index in [1.54, 1.807) is 12.1 Å². The van der Waals surface area contributed by atoms with Crippen LogP contribution in [0.1, 0.15) is 5.89 Å². The van der Waals surface area contributed by atoms with Crippen LogP contribution in [0.4, 0.5) is 0 Å². The highest BCUT2D eigenvalue weighted by Crippen LogP contribution is 2.21. The molecule has 0 spiro atoms. The maximum absolute atomic E-state index is 11.7. The number of nitrogens with zero attached hydrogens (tertiary/aromatic N) is 2. The third-order valence-electron chi connectivity index (χ3n) is 2.72. The van der Waals surface area contributed by atoms with Crippen molar-refractivity contribution in [2.75, 3.05) is 6.61 Å². The standard InChI is InChI=1S/C15H11BrN2O4S/c16-10-3-1-4-11(7-10)20-9-14(19)21-8-13-17-15(18-22-13)12-5-2-6-23-12/h1-7H,8-9H2. The van der Waals surface area contributed by atoms with E-state index in [1.807, 2.05) is 29.6 Å². The van der Waals surface area contributed by atoms with Crippen LogP contribution in [-0.2, 0) is 16.1 Å². The lowest BCUT2D eigenvalue weighted by atomic mass is 10.3. The predicted octanol–water partition coefficient (Wildman–Crippen LogP) is 3.68. The van der Waals surface area contributed by atoms with Crippen molar-refractivity contribution in [3.8, 4) is 16.5 Å². The summed E-state index contributed by atoms with van der Waals surface area (Å²) < 4.78 is 16.3. The molecule has 8 heteroatoms. The Labute approximate surface area is 144 Å². The van der Waals surface area contributed by atoms with Crippen LogP contribution in [-0.4, -0.2) is 22.7 Å². The van der Waals surface area contributed by atoms with Crippen LogP contribution in [0.2, 0.25) is 0 Å². The third kappa shape index (κ3) is 4.40. The highest BCUT2D eigenvalue weighted by atomic mass is 79.9. The monoisotopic (exact) mass is 394 g/mol. The quantitative estimate of drug-likeness (QED) is 0.593. The number of carbonyl (C=O) groups excluding carboxylic acids is 1. The molecule has 0 unspecified atom stereocenters. The summed E-state index contributed by atoms with van der Waals surface area (Å²) in [5, 5.41) is 5.76. The van der Waals surface area contributed by atoms with Gasteiger partial charge in [-0.25, -0.2) is 4.79 Å². The highest BCUT2D eigenvalue weighted by molar-refractivity contribution is 9.10. The fourth-order valence-electron chi connectivity index (χ4n) is 1.70. The average molecular weight is 395 g/mol. The van der Waals surface area contributed by atoms with Crippen molar-refractivity contribution in [1.29, 1.82) is 0 Å². The van der Waals surface area contributed by atoms with E-state index in [0.29, 0.717) is 11.6 Å². The summed E-state index contributed by atoms with van der Waals surface area (Å²) >= 11 is 4.83. The summed E-state index contributed by atoms with van der Waals surface area (Å²) in [5.74, 6) is 0.788. The van der Waals surface area contributed by atoms with Crippen LogP contribution in [0.5, 0.6) is 5.75 Å². The zero-order valence-corrected chi connectivity index (χ0v) is 14.2. The van der Waals surface area contributed by atoms with Crippen molar-refractivity contribution in [2.45, 2.75) is 6.61 Å². The Balaban J connectivity index is 1.47. The Morgan fingerprint density at radius 3 is 3.00 bits per heavy atom. The first-order valence-corrected chi connectivity index (χ1v) is 8.28. The van der Waals surface area contributed by atoms with Gasteiger partial charge in [0.15, 0.2) is 13.2 Å². The van der Waals surface area contributed by atoms with Crippen LogP contribution >= 0.6 is 27.3 Å². The van der Waals surface area contributed by atoms with Gasteiger partial charge >= 0.3 is 5.97 Å². The second-order valence-electron chi connectivity index (χ2n) is 4.40. The molecule has 118 valence electrons. The number of rotatable bonds is 6. The van der Waals surface area contributed by atoms with Gasteiger partial charge in [-0.2, -0.15) is 4.98 Å². The minimum Gasteiger partial charge on any atom is -0.482 e. The Bertz CT molecular complexity index is 788. The predicted molar refractivity (Wildman–Crippen MR) is 87.0 cm³/mol. The van der Waals surface area contributed by atoms with Gasteiger partial charge in [0.2, 0.25) is 5.82 Å². The van der Waals surface area contributed by atoms with E-state index in [2.05, 4.69) is 26.1 Å². The molecular formula is C15H11BrN2O4S. The summed E-state index contributed by atoms with van der Waals surface area (Å²) in [7, 11) is 0. The molecule has 3 aromatic rings. The van der Waals surface area contributed by atoms with E-state index >= 15 is 0 Å². The summed E-state index contributed by atoms with van der Waals surface area (Å²) in [5.41, 5.74) is 0. The Morgan fingerprint density at radius 2 is 2.22 bits per heavy atom. The molecule has 0 saturated heterocycles. The summed E-state index contributed by atoms with van der Waals surface area (Å²) in [4.78, 5) is 16.7. The maximum Gasteiger partial charge on any atom is 0.344 e. The van der Waals surface area contributed by atoms with E-state index in [9.17, 15) is 4.79 Å². The van der Waals surface area contributed by atoms with Gasteiger partial charge < -0.3 is 14.0 Å². The second kappa shape index (κ2) is 7.38. The number of halogens is 1. The van der Waals surface area contributed by atoms with Crippen LogP contribution in [0, 0.1) is 0 Å². The van der Waals surface area contributed by atoms with Crippen LogP contribution in [0.25, 0.3) is 10.7 Å². The molecule has 0 aliphatic rings. The molecule has 0 saturated carbocycles. The molecule has 0 aliphatic heterocycles. The number of carbonyl (C=O) groups is 1. The Morgan fingerprint density at radius 1 is 1.30 bits per heavy atom. The Hall–Kier alpha value is -2.19. The normalized spacial score (nSPS) is 10.5. The molecule has 3 rings (SSSR count). The summed E-state index contributed by atoms with van der Waals surface area (Å²) in [6.45, 7) is -0.276. The summed E-state index contributed by atoms with van der Waals surface area (Å²) in [6.07, 6.45) is 0. The number of aromatic nitrogens is 2. The van der Waals surface area contributed by atoms with Gasteiger partial charge in [-0.15, -0.1) is 11.3 Å². The van der Waals surface area contributed by atoms with Gasteiger partial charge in [0.05, 0.1) is 4.88 Å². The first-order valence-electron chi connectivity index (χ1n) is 6.61. The maximum atomic E-state index is 11.7. The number of ether oxygens (including phenoxy) is 2. The van der Waals surface area contributed by atoms with E-state index in [0.717, 1.165) is 9.35 Å². The van der Waals surface area contributed by atoms with Gasteiger partial charge in [0.25, 0.3) is 5.89 Å². The first-order chi connectivity index (χ1) is 11.2. The molecule has 2 aromatic heterocycles. The largest absolute Gasteiger partial charge is 0.482 e. The Kier molecular flexibility index (Phi) is 5.04. The lowest BCUT2D eigenvalue weighted by molar-refractivity contribution is -0.148. The molecular weight excluding hydrogens is 384 g/mol. The molecule has 23 heavy (non-hydrogen) atoms. The highest BCUT2D eigenvalue weighted by Gasteiger charge is 2.12. The SMILES string of the molecule is O=C(COc1cccc(Br)c1)OCc1nc(-c2cccs2)no1. The summed E-state index contributed by atoms with van der Waals surface area (Å²) in [6, 6.07) is 11.0. The number of benzene rings is 1. The smallest absolute Gasteiger partial charge is 0.344 e. The van der Waals surface area contributed by atoms with E-state index in [1.165, 1.54) is 11.3 Å². The second-order valence-corrected chi connectivity index (χ2v) is 6.26. The third-order valence-corrected chi connectivity index (χ3v) is 4.08. The van der Waals surface area contributed by atoms with E-state index in [-0.39, 0.29) is 19.1 Å². The fraction of sp³-hybridized carbons (Fsp3) is 0.133. The zero-order chi connectivity index (χ0) is 16.1. The van der Waals surface area contributed by atoms with Crippen molar-refractivity contribution in [3.05, 3.63) is 52.1 Å². The number of hydrogen-bond donors (Lipinski definition) is 0. The van der Waals surface area contributed by atoms with Gasteiger partial charge in [0, 0.05) is 4.47 Å². The van der Waals surface area contributed by atoms with Crippen molar-refractivity contribution in [1.82, 2.24) is 10.1 Å². The average Bonchev–Trinajstić information content (AvgIpc) is 3.22. The van der Waals surface area contributed by atoms with Gasteiger partial charge in [-0.1, -0.05) is 33.2 Å². The molecule has 2 heterocycles. The number of thiophene rings is 1. The van der Waals surface area contributed by atoms with Crippen molar-refractivity contribution in [2.24, 2.45) is 0 Å². The lowest BCUT2D eigenvalue weighted by Crippen LogP contribution is -2.14. The van der Waals surface area contributed by atoms with Crippen molar-refractivity contribution >= 4 is 33.2 Å².